The molecule has 9 heteroatoms. The summed E-state index contributed by atoms with van der Waals surface area (Å²) in [6.07, 6.45) is -4.52. The van der Waals surface area contributed by atoms with Gasteiger partial charge in [0.05, 0.1) is 0 Å². The zero-order valence-electron chi connectivity index (χ0n) is 8.27. The third kappa shape index (κ3) is 6.93. The number of alkyl halides is 3. The lowest BCUT2D eigenvalue weighted by molar-refractivity contribution is -0.165. The van der Waals surface area contributed by atoms with Crippen molar-refractivity contribution in [1.29, 1.82) is 0 Å². The number of carboxylic acids is 2. The minimum Gasteiger partial charge on any atom is -0.480 e. The lowest BCUT2D eigenvalue weighted by atomic mass is 10.3. The average molecular weight is 255 g/mol. The lowest BCUT2D eigenvalue weighted by Gasteiger charge is -2.14. The van der Waals surface area contributed by atoms with Gasteiger partial charge in [0, 0.05) is 12.3 Å². The monoisotopic (exact) mass is 255 g/mol. The second-order valence-electron chi connectivity index (χ2n) is 2.87. The Morgan fingerprint density at radius 3 is 1.76 bits per heavy atom. The van der Waals surface area contributed by atoms with E-state index in [4.69, 9.17) is 10.2 Å². The summed E-state index contributed by atoms with van der Waals surface area (Å²) in [4.78, 5) is 31.5. The van der Waals surface area contributed by atoms with E-state index in [9.17, 15) is 27.6 Å². The number of rotatable bonds is 6. The summed E-state index contributed by atoms with van der Waals surface area (Å²) >= 11 is 0. The van der Waals surface area contributed by atoms with E-state index in [-0.39, 0.29) is 6.08 Å². The second kappa shape index (κ2) is 5.87. The fourth-order valence-corrected chi connectivity index (χ4v) is 0.776. The number of halogens is 3. The Kier molecular flexibility index (Phi) is 5.16. The highest BCUT2D eigenvalue weighted by molar-refractivity contribution is 5.94. The van der Waals surface area contributed by atoms with Gasteiger partial charge >= 0.3 is 18.1 Å². The maximum atomic E-state index is 11.8. The summed E-state index contributed by atoms with van der Waals surface area (Å²) < 4.78 is 35.3. The molecule has 0 aliphatic heterocycles. The maximum absolute atomic E-state index is 11.8. The van der Waals surface area contributed by atoms with Crippen LogP contribution in [0.3, 0.4) is 0 Å². The van der Waals surface area contributed by atoms with E-state index >= 15 is 0 Å². The highest BCUT2D eigenvalue weighted by atomic mass is 19.4. The molecule has 0 rings (SSSR count). The van der Waals surface area contributed by atoms with Crippen molar-refractivity contribution in [2.24, 2.45) is 0 Å². The van der Waals surface area contributed by atoms with Gasteiger partial charge in [0.15, 0.2) is 0 Å². The first-order valence-corrected chi connectivity index (χ1v) is 4.10. The molecular weight excluding hydrogens is 247 g/mol. The standard InChI is InChI=1S/C8H8F3NO5/c9-8(10,11)5(13)1-2-12(3-6(14)15)4-7(16)17/h1-2H,3-4H2,(H,14,15)(H,16,17)/b2-1+. The molecule has 0 aromatic heterocycles. The maximum Gasteiger partial charge on any atom is 0.454 e. The molecule has 2 N–H and O–H groups in total. The first-order chi connectivity index (χ1) is 7.62. The van der Waals surface area contributed by atoms with E-state index in [0.29, 0.717) is 11.1 Å². The molecule has 0 spiro atoms. The SMILES string of the molecule is O=C(O)CN(/C=C/C(=O)C(F)(F)F)CC(=O)O. The molecule has 17 heavy (non-hydrogen) atoms. The van der Waals surface area contributed by atoms with Crippen molar-refractivity contribution >= 4 is 17.7 Å². The molecule has 0 aromatic rings. The Balaban J connectivity index is 4.62. The van der Waals surface area contributed by atoms with Gasteiger partial charge in [-0.2, -0.15) is 13.2 Å². The Labute approximate surface area is 92.9 Å². The number of carbonyl (C=O) groups is 3. The molecule has 0 amide bonds. The number of allylic oxidation sites excluding steroid dienone is 1. The van der Waals surface area contributed by atoms with Crippen molar-refractivity contribution in [1.82, 2.24) is 4.90 Å². The Morgan fingerprint density at radius 2 is 1.47 bits per heavy atom. The molecule has 0 aliphatic rings. The van der Waals surface area contributed by atoms with Crippen molar-refractivity contribution in [3.8, 4) is 0 Å². The van der Waals surface area contributed by atoms with E-state index in [2.05, 4.69) is 0 Å². The van der Waals surface area contributed by atoms with Gasteiger partial charge < -0.3 is 15.1 Å². The normalized spacial score (nSPS) is 11.5. The first-order valence-electron chi connectivity index (χ1n) is 4.10. The van der Waals surface area contributed by atoms with Gasteiger partial charge in [0.2, 0.25) is 0 Å². The largest absolute Gasteiger partial charge is 0.480 e. The molecule has 0 bridgehead atoms. The molecule has 0 heterocycles. The van der Waals surface area contributed by atoms with Crippen LogP contribution in [-0.2, 0) is 14.4 Å². The van der Waals surface area contributed by atoms with E-state index < -0.39 is 37.0 Å². The highest BCUT2D eigenvalue weighted by Gasteiger charge is 2.36. The zero-order valence-corrected chi connectivity index (χ0v) is 8.27. The zero-order chi connectivity index (χ0) is 13.6. The summed E-state index contributed by atoms with van der Waals surface area (Å²) in [6.45, 7) is -1.65. The van der Waals surface area contributed by atoms with Crippen LogP contribution in [0.5, 0.6) is 0 Å². The van der Waals surface area contributed by atoms with E-state index in [1.165, 1.54) is 0 Å². The first kappa shape index (κ1) is 14.9. The van der Waals surface area contributed by atoms with Crippen molar-refractivity contribution < 1.29 is 37.8 Å². The van der Waals surface area contributed by atoms with Crippen LogP contribution in [0.2, 0.25) is 0 Å². The topological polar surface area (TPSA) is 94.9 Å². The molecule has 6 nitrogen and oxygen atoms in total. The van der Waals surface area contributed by atoms with Crippen LogP contribution in [0.1, 0.15) is 0 Å². The minimum absolute atomic E-state index is 0.0753. The lowest BCUT2D eigenvalue weighted by Crippen LogP contribution is -2.31. The van der Waals surface area contributed by atoms with Gasteiger partial charge in [-0.15, -0.1) is 0 Å². The smallest absolute Gasteiger partial charge is 0.454 e. The molecule has 0 aliphatic carbocycles. The number of ketones is 1. The summed E-state index contributed by atoms with van der Waals surface area (Å²) in [7, 11) is 0. The van der Waals surface area contributed by atoms with Crippen LogP contribution >= 0.6 is 0 Å². The summed E-state index contributed by atoms with van der Waals surface area (Å²) in [6, 6.07) is 0. The molecule has 0 saturated heterocycles. The van der Waals surface area contributed by atoms with Gasteiger partial charge in [0.25, 0.3) is 5.78 Å². The Hall–Kier alpha value is -2.06. The number of hydrogen-bond acceptors (Lipinski definition) is 4. The van der Waals surface area contributed by atoms with Crippen molar-refractivity contribution in [2.45, 2.75) is 6.18 Å². The molecule has 0 atom stereocenters. The van der Waals surface area contributed by atoms with Crippen LogP contribution in [0.25, 0.3) is 0 Å². The van der Waals surface area contributed by atoms with Crippen LogP contribution in [-0.4, -0.2) is 52.1 Å². The van der Waals surface area contributed by atoms with E-state index in [0.717, 1.165) is 0 Å². The molecule has 0 unspecified atom stereocenters. The number of aliphatic carboxylic acids is 2. The van der Waals surface area contributed by atoms with Crippen LogP contribution in [0.4, 0.5) is 13.2 Å². The number of carbonyl (C=O) groups excluding carboxylic acids is 1. The summed E-state index contributed by atoms with van der Waals surface area (Å²) in [5, 5.41) is 16.7. The number of carboxylic acid groups (broad SMARTS) is 2. The highest BCUT2D eigenvalue weighted by Crippen LogP contribution is 2.16. The fourth-order valence-electron chi connectivity index (χ4n) is 0.776. The van der Waals surface area contributed by atoms with Crippen molar-refractivity contribution in [3.63, 3.8) is 0 Å². The van der Waals surface area contributed by atoms with E-state index in [1.54, 1.807) is 0 Å². The fraction of sp³-hybridized carbons (Fsp3) is 0.375. The predicted molar refractivity (Wildman–Crippen MR) is 47.0 cm³/mol. The summed E-state index contributed by atoms with van der Waals surface area (Å²) in [5.74, 6) is -5.07. The third-order valence-electron chi connectivity index (χ3n) is 1.39. The Bertz CT molecular complexity index is 334. The second-order valence-corrected chi connectivity index (χ2v) is 2.87. The molecular formula is C8H8F3NO5. The van der Waals surface area contributed by atoms with Gasteiger partial charge in [-0.25, -0.2) is 0 Å². The molecule has 0 saturated carbocycles. The van der Waals surface area contributed by atoms with E-state index in [1.807, 2.05) is 0 Å². The number of nitrogens with zero attached hydrogens (tertiary/aromatic N) is 1. The molecule has 0 fully saturated rings. The average Bonchev–Trinajstić information content (AvgIpc) is 2.10. The van der Waals surface area contributed by atoms with Gasteiger partial charge in [-0.3, -0.25) is 14.4 Å². The predicted octanol–water partition coefficient (Wildman–Crippen LogP) is 0.103. The number of hydrogen-bond donors (Lipinski definition) is 2. The van der Waals surface area contributed by atoms with Crippen LogP contribution < -0.4 is 0 Å². The van der Waals surface area contributed by atoms with Gasteiger partial charge in [0.1, 0.15) is 13.1 Å². The van der Waals surface area contributed by atoms with Crippen molar-refractivity contribution in [2.75, 3.05) is 13.1 Å². The summed E-state index contributed by atoms with van der Waals surface area (Å²) in [5.41, 5.74) is 0. The minimum atomic E-state index is -5.07. The molecule has 96 valence electrons. The van der Waals surface area contributed by atoms with Gasteiger partial charge in [-0.05, 0) is 0 Å². The van der Waals surface area contributed by atoms with Gasteiger partial charge in [-0.1, -0.05) is 0 Å². The molecule has 0 radical (unpaired) electrons. The quantitative estimate of drug-likeness (QED) is 0.654. The van der Waals surface area contributed by atoms with Crippen LogP contribution in [0, 0.1) is 0 Å². The third-order valence-corrected chi connectivity index (χ3v) is 1.39. The molecule has 0 aromatic carbocycles. The van der Waals surface area contributed by atoms with Crippen molar-refractivity contribution in [3.05, 3.63) is 12.3 Å². The Morgan fingerprint density at radius 1 is 1.06 bits per heavy atom. The van der Waals surface area contributed by atoms with Crippen LogP contribution in [0.15, 0.2) is 12.3 Å².